The lowest BCUT2D eigenvalue weighted by Crippen LogP contribution is -2.42. The molecule has 1 aromatic carbocycles. The minimum Gasteiger partial charge on any atom is -0.507 e. The molecule has 134 valence electrons. The summed E-state index contributed by atoms with van der Waals surface area (Å²) in [7, 11) is 0. The predicted octanol–water partition coefficient (Wildman–Crippen LogP) is 5.01. The molecule has 3 rings (SSSR count). The van der Waals surface area contributed by atoms with Gasteiger partial charge < -0.3 is 5.11 Å². The average Bonchev–Trinajstić information content (AvgIpc) is 2.86. The van der Waals surface area contributed by atoms with Crippen molar-refractivity contribution in [2.45, 2.75) is 58.9 Å². The molecule has 0 radical (unpaired) electrons. The van der Waals surface area contributed by atoms with Gasteiger partial charge in [-0.05, 0) is 86.2 Å². The number of phenols is 1. The van der Waals surface area contributed by atoms with Gasteiger partial charge in [0, 0.05) is 6.04 Å². The van der Waals surface area contributed by atoms with Crippen molar-refractivity contribution in [2.24, 2.45) is 5.92 Å². The number of imide groups is 1. The second-order valence-corrected chi connectivity index (χ2v) is 8.19. The van der Waals surface area contributed by atoms with Gasteiger partial charge in [0.05, 0.1) is 4.91 Å². The number of phenolic OH excluding ortho intramolecular Hbond substituents is 1. The molecule has 1 unspecified atom stereocenters. The number of hydrogen-bond acceptors (Lipinski definition) is 4. The molecule has 1 heterocycles. The normalized spacial score (nSPS) is 22.0. The van der Waals surface area contributed by atoms with Crippen LogP contribution in [0.1, 0.15) is 55.7 Å². The first kappa shape index (κ1) is 18.1. The summed E-state index contributed by atoms with van der Waals surface area (Å²) in [5.41, 5.74) is 2.37. The first-order valence-electron chi connectivity index (χ1n) is 8.95. The highest BCUT2D eigenvalue weighted by Crippen LogP contribution is 2.38. The summed E-state index contributed by atoms with van der Waals surface area (Å²) >= 11 is 1.02. The molecule has 0 aromatic heterocycles. The maximum atomic E-state index is 12.8. The molecule has 0 spiro atoms. The Morgan fingerprint density at radius 1 is 1.16 bits per heavy atom. The number of nitrogens with zero attached hydrogens (tertiary/aromatic N) is 1. The monoisotopic (exact) mass is 359 g/mol. The molecule has 2 fully saturated rings. The first-order chi connectivity index (χ1) is 11.9. The van der Waals surface area contributed by atoms with E-state index in [4.69, 9.17) is 0 Å². The number of aryl methyl sites for hydroxylation is 2. The quantitative estimate of drug-likeness (QED) is 0.770. The van der Waals surface area contributed by atoms with E-state index in [0.29, 0.717) is 10.8 Å². The summed E-state index contributed by atoms with van der Waals surface area (Å²) in [6.45, 7) is 5.66. The molecule has 5 heteroatoms. The molecule has 1 atom stereocenters. The number of thioether (sulfide) groups is 1. The Balaban J connectivity index is 1.83. The smallest absolute Gasteiger partial charge is 0.293 e. The Morgan fingerprint density at radius 2 is 1.76 bits per heavy atom. The minimum absolute atomic E-state index is 0.0398. The van der Waals surface area contributed by atoms with Gasteiger partial charge in [0.25, 0.3) is 11.1 Å². The van der Waals surface area contributed by atoms with Crippen LogP contribution in [0.5, 0.6) is 5.75 Å². The summed E-state index contributed by atoms with van der Waals surface area (Å²) in [5.74, 6) is 0.507. The van der Waals surface area contributed by atoms with Gasteiger partial charge in [-0.1, -0.05) is 19.3 Å². The van der Waals surface area contributed by atoms with Gasteiger partial charge in [-0.3, -0.25) is 14.5 Å². The SMILES string of the molecule is Cc1cc(/C=C2\SC(=O)N(C(C)C3CCCCC3)C2=O)cc(C)c1O. The highest BCUT2D eigenvalue weighted by atomic mass is 32.2. The fourth-order valence-corrected chi connectivity index (χ4v) is 4.80. The number of hydrogen-bond donors (Lipinski definition) is 1. The maximum Gasteiger partial charge on any atom is 0.293 e. The molecule has 1 saturated heterocycles. The molecule has 1 aliphatic carbocycles. The second-order valence-electron chi connectivity index (χ2n) is 7.19. The van der Waals surface area contributed by atoms with Crippen molar-refractivity contribution in [1.29, 1.82) is 0 Å². The number of carbonyl (C=O) groups is 2. The third kappa shape index (κ3) is 3.61. The molecule has 2 aliphatic rings. The summed E-state index contributed by atoms with van der Waals surface area (Å²) in [6, 6.07) is 3.63. The zero-order valence-electron chi connectivity index (χ0n) is 15.0. The molecule has 25 heavy (non-hydrogen) atoms. The molecular formula is C20H25NO3S. The van der Waals surface area contributed by atoms with E-state index in [-0.39, 0.29) is 22.9 Å². The molecular weight excluding hydrogens is 334 g/mol. The fourth-order valence-electron chi connectivity index (χ4n) is 3.88. The van der Waals surface area contributed by atoms with Gasteiger partial charge >= 0.3 is 0 Å². The van der Waals surface area contributed by atoms with E-state index in [9.17, 15) is 14.7 Å². The lowest BCUT2D eigenvalue weighted by molar-refractivity contribution is -0.125. The van der Waals surface area contributed by atoms with Crippen molar-refractivity contribution in [1.82, 2.24) is 4.90 Å². The van der Waals surface area contributed by atoms with Crippen LogP contribution in [-0.2, 0) is 4.79 Å². The van der Waals surface area contributed by atoms with Gasteiger partial charge in [0.2, 0.25) is 0 Å². The third-order valence-electron chi connectivity index (χ3n) is 5.37. The zero-order chi connectivity index (χ0) is 18.1. The van der Waals surface area contributed by atoms with Crippen LogP contribution in [0.2, 0.25) is 0 Å². The number of aromatic hydroxyl groups is 1. The van der Waals surface area contributed by atoms with Crippen LogP contribution in [0.3, 0.4) is 0 Å². The molecule has 1 aromatic rings. The summed E-state index contributed by atoms with van der Waals surface area (Å²) in [6.07, 6.45) is 7.58. The largest absolute Gasteiger partial charge is 0.507 e. The third-order valence-corrected chi connectivity index (χ3v) is 6.26. The zero-order valence-corrected chi connectivity index (χ0v) is 15.9. The number of carbonyl (C=O) groups excluding carboxylic acids is 2. The second kappa shape index (κ2) is 7.24. The Bertz CT molecular complexity index is 711. The Hall–Kier alpha value is -1.75. The summed E-state index contributed by atoms with van der Waals surface area (Å²) in [5, 5.41) is 9.72. The summed E-state index contributed by atoms with van der Waals surface area (Å²) in [4.78, 5) is 27.2. The van der Waals surface area contributed by atoms with Crippen LogP contribution in [0.25, 0.3) is 6.08 Å². The average molecular weight is 359 g/mol. The molecule has 1 aliphatic heterocycles. The highest BCUT2D eigenvalue weighted by molar-refractivity contribution is 8.18. The van der Waals surface area contributed by atoms with Crippen LogP contribution in [0, 0.1) is 19.8 Å². The van der Waals surface area contributed by atoms with Crippen LogP contribution >= 0.6 is 11.8 Å². The van der Waals surface area contributed by atoms with Crippen LogP contribution in [-0.4, -0.2) is 27.2 Å². The van der Waals surface area contributed by atoms with Crippen LogP contribution in [0.4, 0.5) is 4.79 Å². The summed E-state index contributed by atoms with van der Waals surface area (Å²) < 4.78 is 0. The van der Waals surface area contributed by atoms with E-state index >= 15 is 0 Å². The number of amides is 2. The first-order valence-corrected chi connectivity index (χ1v) is 9.77. The Kier molecular flexibility index (Phi) is 5.23. The lowest BCUT2D eigenvalue weighted by Gasteiger charge is -2.32. The van der Waals surface area contributed by atoms with E-state index in [1.165, 1.54) is 24.2 Å². The van der Waals surface area contributed by atoms with E-state index in [1.807, 2.05) is 32.9 Å². The number of rotatable bonds is 3. The van der Waals surface area contributed by atoms with E-state index in [0.717, 1.165) is 41.3 Å². The van der Waals surface area contributed by atoms with Crippen molar-refractivity contribution in [3.05, 3.63) is 33.7 Å². The lowest BCUT2D eigenvalue weighted by atomic mass is 9.84. The van der Waals surface area contributed by atoms with Gasteiger partial charge in [0.15, 0.2) is 0 Å². The molecule has 0 bridgehead atoms. The van der Waals surface area contributed by atoms with Gasteiger partial charge in [-0.15, -0.1) is 0 Å². The van der Waals surface area contributed by atoms with Crippen molar-refractivity contribution in [3.63, 3.8) is 0 Å². The van der Waals surface area contributed by atoms with Crippen LogP contribution < -0.4 is 0 Å². The van der Waals surface area contributed by atoms with Gasteiger partial charge in [-0.2, -0.15) is 0 Å². The van der Waals surface area contributed by atoms with Gasteiger partial charge in [-0.25, -0.2) is 0 Å². The predicted molar refractivity (Wildman–Crippen MR) is 101 cm³/mol. The van der Waals surface area contributed by atoms with Crippen molar-refractivity contribution >= 4 is 29.0 Å². The molecule has 2 amide bonds. The maximum absolute atomic E-state index is 12.8. The van der Waals surface area contributed by atoms with Crippen molar-refractivity contribution < 1.29 is 14.7 Å². The Morgan fingerprint density at radius 3 is 2.36 bits per heavy atom. The molecule has 4 nitrogen and oxygen atoms in total. The van der Waals surface area contributed by atoms with Crippen LogP contribution in [0.15, 0.2) is 17.0 Å². The Labute approximate surface area is 153 Å². The fraction of sp³-hybridized carbons (Fsp3) is 0.500. The minimum atomic E-state index is -0.184. The van der Waals surface area contributed by atoms with Crippen molar-refractivity contribution in [3.8, 4) is 5.75 Å². The highest BCUT2D eigenvalue weighted by Gasteiger charge is 2.40. The molecule has 1 N–H and O–H groups in total. The van der Waals surface area contributed by atoms with E-state index in [2.05, 4.69) is 0 Å². The van der Waals surface area contributed by atoms with Crippen molar-refractivity contribution in [2.75, 3.05) is 0 Å². The van der Waals surface area contributed by atoms with E-state index < -0.39 is 0 Å². The topological polar surface area (TPSA) is 57.6 Å². The molecule has 1 saturated carbocycles. The van der Waals surface area contributed by atoms with E-state index in [1.54, 1.807) is 6.08 Å². The van der Waals surface area contributed by atoms with Gasteiger partial charge in [0.1, 0.15) is 5.75 Å². The standard InChI is InChI=1S/C20H25NO3S/c1-12-9-15(10-13(2)18(12)22)11-17-19(23)21(20(24)25-17)14(3)16-7-5-4-6-8-16/h9-11,14,16,22H,4-8H2,1-3H3/b17-11-. The number of benzene rings is 1.